The van der Waals surface area contributed by atoms with E-state index < -0.39 is 46.4 Å². The molecule has 8 rings (SSSR count). The Morgan fingerprint density at radius 3 is 1.12 bits per heavy atom. The minimum atomic E-state index is -4.49. The number of fused-ring (bicyclic) bond motifs is 6. The minimum Gasteiger partial charge on any atom is -0.347 e. The smallest absolute Gasteiger partial charge is 0.347 e. The molecule has 6 aliphatic carbocycles. The number of carbonyl (C=O) groups excluding carboxylic acids is 2. The Hall–Kier alpha value is -3.10. The van der Waals surface area contributed by atoms with Gasteiger partial charge in [-0.05, 0) is 145 Å². The highest BCUT2D eigenvalue weighted by Gasteiger charge is 2.51. The monoisotopic (exact) mass is 800 g/mol. The topological polar surface area (TPSA) is 106 Å². The van der Waals surface area contributed by atoms with E-state index in [1.54, 1.807) is 0 Å². The van der Waals surface area contributed by atoms with Crippen molar-refractivity contribution < 1.29 is 35.9 Å². The third kappa shape index (κ3) is 7.40. The molecule has 0 aromatic heterocycles. The van der Waals surface area contributed by atoms with Gasteiger partial charge in [0, 0.05) is 20.0 Å². The van der Waals surface area contributed by atoms with Crippen molar-refractivity contribution in [1.82, 2.24) is 10.6 Å². The molecule has 0 spiro atoms. The first-order valence-corrected chi connectivity index (χ1v) is 17.2. The molecule has 6 saturated carbocycles. The molecule has 0 heterocycles. The van der Waals surface area contributed by atoms with Crippen LogP contribution in [0.5, 0.6) is 0 Å². The Kier molecular flexibility index (Phi) is 9.78. The molecular formula is C34H32Br2F6N4O2. The molecule has 48 heavy (non-hydrogen) atoms. The van der Waals surface area contributed by atoms with Crippen LogP contribution in [0.1, 0.15) is 109 Å². The molecule has 0 saturated heterocycles. The van der Waals surface area contributed by atoms with Gasteiger partial charge in [0.15, 0.2) is 0 Å². The third-order valence-corrected chi connectivity index (χ3v) is 12.2. The number of amides is 2. The zero-order valence-electron chi connectivity index (χ0n) is 25.7. The molecule has 256 valence electrons. The number of nitrogens with zero attached hydrogens (tertiary/aromatic N) is 2. The molecule has 14 heteroatoms. The number of nitrogens with one attached hydrogen (secondary N) is 2. The highest BCUT2D eigenvalue weighted by atomic mass is 79.9. The zero-order chi connectivity index (χ0) is 35.2. The second kappa shape index (κ2) is 13.0. The average molecular weight is 802 g/mol. The van der Waals surface area contributed by atoms with E-state index in [0.717, 1.165) is 62.8 Å². The molecule has 2 amide bonds. The minimum absolute atomic E-state index is 0.0121. The lowest BCUT2D eigenvalue weighted by Gasteiger charge is -2.50. The molecule has 0 atom stereocenters. The van der Waals surface area contributed by atoms with Crippen LogP contribution in [-0.4, -0.2) is 22.9 Å². The van der Waals surface area contributed by atoms with Crippen molar-refractivity contribution in [3.05, 3.63) is 67.6 Å². The first-order valence-electron chi connectivity index (χ1n) is 15.6. The number of benzene rings is 2. The first kappa shape index (κ1) is 36.2. The maximum absolute atomic E-state index is 12.9. The quantitative estimate of drug-likeness (QED) is 0.301. The van der Waals surface area contributed by atoms with Crippen LogP contribution in [0, 0.1) is 33.5 Å². The highest BCUT2D eigenvalue weighted by molar-refractivity contribution is 9.10. The summed E-state index contributed by atoms with van der Waals surface area (Å²) in [5, 5.41) is 24.5. The van der Waals surface area contributed by atoms with Gasteiger partial charge >= 0.3 is 12.4 Å². The van der Waals surface area contributed by atoms with Crippen molar-refractivity contribution in [2.24, 2.45) is 10.8 Å². The van der Waals surface area contributed by atoms with Gasteiger partial charge in [0.1, 0.15) is 0 Å². The van der Waals surface area contributed by atoms with E-state index in [0.29, 0.717) is 47.5 Å². The van der Waals surface area contributed by atoms with E-state index in [2.05, 4.69) is 54.6 Å². The van der Waals surface area contributed by atoms with Crippen LogP contribution in [0.15, 0.2) is 45.3 Å². The van der Waals surface area contributed by atoms with Crippen LogP contribution in [0.25, 0.3) is 0 Å². The van der Waals surface area contributed by atoms with Crippen LogP contribution in [0.4, 0.5) is 26.3 Å². The number of rotatable bonds is 4. The van der Waals surface area contributed by atoms with Crippen molar-refractivity contribution >= 4 is 43.7 Å². The largest absolute Gasteiger partial charge is 0.416 e. The fourth-order valence-corrected chi connectivity index (χ4v) is 8.30. The molecule has 0 radical (unpaired) electrons. The highest BCUT2D eigenvalue weighted by Crippen LogP contribution is 2.53. The Morgan fingerprint density at radius 2 is 0.875 bits per heavy atom. The molecule has 0 aliphatic heterocycles. The second-order valence-electron chi connectivity index (χ2n) is 13.6. The van der Waals surface area contributed by atoms with Crippen molar-refractivity contribution in [1.29, 1.82) is 10.5 Å². The van der Waals surface area contributed by atoms with E-state index in [9.17, 15) is 46.5 Å². The second-order valence-corrected chi connectivity index (χ2v) is 15.3. The van der Waals surface area contributed by atoms with Gasteiger partial charge in [-0.1, -0.05) is 0 Å². The first-order chi connectivity index (χ1) is 22.4. The summed E-state index contributed by atoms with van der Waals surface area (Å²) < 4.78 is 77.9. The summed E-state index contributed by atoms with van der Waals surface area (Å²) in [5.74, 6) is -1.00. The lowest BCUT2D eigenvalue weighted by molar-refractivity contribution is -0.138. The molecule has 4 bridgehead atoms. The molecule has 2 aromatic carbocycles. The van der Waals surface area contributed by atoms with Crippen molar-refractivity contribution in [3.63, 3.8) is 0 Å². The maximum atomic E-state index is 12.9. The molecule has 6 fully saturated rings. The number of carbonyl (C=O) groups is 2. The van der Waals surface area contributed by atoms with E-state index in [4.69, 9.17) is 0 Å². The molecule has 6 aliphatic rings. The van der Waals surface area contributed by atoms with Gasteiger partial charge in [-0.15, -0.1) is 0 Å². The fraction of sp³-hybridized carbons (Fsp3) is 0.529. The van der Waals surface area contributed by atoms with Gasteiger partial charge in [0.05, 0.1) is 45.2 Å². The van der Waals surface area contributed by atoms with Crippen LogP contribution in [-0.2, 0) is 12.4 Å². The summed E-state index contributed by atoms with van der Waals surface area (Å²) in [5.41, 5.74) is -3.06. The van der Waals surface area contributed by atoms with Crippen LogP contribution < -0.4 is 10.6 Å². The molecule has 6 nitrogen and oxygen atoms in total. The van der Waals surface area contributed by atoms with Crippen LogP contribution in [0.2, 0.25) is 0 Å². The summed E-state index contributed by atoms with van der Waals surface area (Å²) in [6.45, 7) is 0. The van der Waals surface area contributed by atoms with Crippen LogP contribution >= 0.6 is 31.9 Å². The number of hydrogen-bond acceptors (Lipinski definition) is 4. The van der Waals surface area contributed by atoms with Crippen molar-refractivity contribution in [3.8, 4) is 12.1 Å². The molecule has 2 aromatic rings. The predicted molar refractivity (Wildman–Crippen MR) is 170 cm³/mol. The van der Waals surface area contributed by atoms with Gasteiger partial charge < -0.3 is 10.6 Å². The normalized spacial score (nSPS) is 29.1. The fourth-order valence-electron chi connectivity index (χ4n) is 7.45. The van der Waals surface area contributed by atoms with Crippen molar-refractivity contribution in [2.45, 2.75) is 100 Å². The van der Waals surface area contributed by atoms with Crippen molar-refractivity contribution in [2.75, 3.05) is 0 Å². The molecule has 0 unspecified atom stereocenters. The standard InChI is InChI=1S/2C17H16BrF3N2O/c2*18-13-2-1-11(17(19,20)21)9-12(13)14(24)23-16-6-3-15(10-22,4-7-16)5-8-16/h2*1-2,9H,3-8H2,(H,23,24). The van der Waals surface area contributed by atoms with E-state index in [-0.39, 0.29) is 22.0 Å². The zero-order valence-corrected chi connectivity index (χ0v) is 28.9. The van der Waals surface area contributed by atoms with E-state index >= 15 is 0 Å². The average Bonchev–Trinajstić information content (AvgIpc) is 3.06. The van der Waals surface area contributed by atoms with Gasteiger partial charge in [-0.3, -0.25) is 9.59 Å². The Balaban J connectivity index is 0.000000188. The van der Waals surface area contributed by atoms with E-state index in [1.807, 2.05) is 0 Å². The summed E-state index contributed by atoms with van der Waals surface area (Å²) >= 11 is 6.32. The van der Waals surface area contributed by atoms with Gasteiger partial charge in [-0.2, -0.15) is 36.9 Å². The summed E-state index contributed by atoms with van der Waals surface area (Å²) in [7, 11) is 0. The third-order valence-electron chi connectivity index (χ3n) is 10.8. The predicted octanol–water partition coefficient (Wildman–Crippen LogP) is 9.63. The van der Waals surface area contributed by atoms with Gasteiger partial charge in [0.25, 0.3) is 11.8 Å². The van der Waals surface area contributed by atoms with Crippen LogP contribution in [0.3, 0.4) is 0 Å². The molecular weight excluding hydrogens is 770 g/mol. The lowest BCUT2D eigenvalue weighted by atomic mass is 9.58. The number of nitriles is 2. The summed E-state index contributed by atoms with van der Waals surface area (Å²) in [6, 6.07) is 10.9. The number of halogens is 8. The Bertz CT molecular complexity index is 1520. The van der Waals surface area contributed by atoms with E-state index in [1.165, 1.54) is 12.1 Å². The summed E-state index contributed by atoms with van der Waals surface area (Å²) in [6.07, 6.45) is -0.418. The Morgan fingerprint density at radius 1 is 0.583 bits per heavy atom. The Labute approximate surface area is 290 Å². The number of hydrogen-bond donors (Lipinski definition) is 2. The van der Waals surface area contributed by atoms with Gasteiger partial charge in [-0.25, -0.2) is 0 Å². The lowest BCUT2D eigenvalue weighted by Crippen LogP contribution is -2.56. The SMILES string of the molecule is N#CC12CCC(NC(=O)c3cc(C(F)(F)F)ccc3Br)(CC1)CC2.N#CC12CCC(NC(=O)c3cc(C(F)(F)F)ccc3Br)(CC1)CC2. The maximum Gasteiger partial charge on any atom is 0.416 e. The number of alkyl halides is 6. The van der Waals surface area contributed by atoms with Gasteiger partial charge in [0.2, 0.25) is 0 Å². The summed E-state index contributed by atoms with van der Waals surface area (Å²) in [4.78, 5) is 25.1. The molecule has 2 N–H and O–H groups in total.